The van der Waals surface area contributed by atoms with E-state index in [0.717, 1.165) is 41.2 Å². The Morgan fingerprint density at radius 2 is 1.82 bits per heavy atom. The lowest BCUT2D eigenvalue weighted by molar-refractivity contribution is -0.137. The second-order valence-corrected chi connectivity index (χ2v) is 9.01. The summed E-state index contributed by atoms with van der Waals surface area (Å²) < 4.78 is 44.1. The van der Waals surface area contributed by atoms with Crippen molar-refractivity contribution in [1.82, 2.24) is 9.88 Å². The zero-order valence-electron chi connectivity index (χ0n) is 18.7. The second-order valence-electron chi connectivity index (χ2n) is 8.12. The van der Waals surface area contributed by atoms with Gasteiger partial charge in [0.1, 0.15) is 6.10 Å². The van der Waals surface area contributed by atoms with Gasteiger partial charge in [0.15, 0.2) is 0 Å². The van der Waals surface area contributed by atoms with Gasteiger partial charge in [0.25, 0.3) is 0 Å². The van der Waals surface area contributed by atoms with Gasteiger partial charge in [0.2, 0.25) is 0 Å². The van der Waals surface area contributed by atoms with E-state index >= 15 is 0 Å². The summed E-state index contributed by atoms with van der Waals surface area (Å²) in [5.41, 5.74) is 1.56. The van der Waals surface area contributed by atoms with Gasteiger partial charge in [-0.2, -0.15) is 13.2 Å². The summed E-state index contributed by atoms with van der Waals surface area (Å²) in [6.45, 7) is 3.66. The minimum absolute atomic E-state index is 0.203. The van der Waals surface area contributed by atoms with E-state index < -0.39 is 11.7 Å². The van der Waals surface area contributed by atoms with Crippen molar-refractivity contribution in [3.8, 4) is 0 Å². The zero-order valence-corrected chi connectivity index (χ0v) is 19.5. The van der Waals surface area contributed by atoms with Crippen LogP contribution in [0.25, 0.3) is 0 Å². The number of hydrogen-bond donors (Lipinski definition) is 1. The van der Waals surface area contributed by atoms with Crippen LogP contribution in [-0.4, -0.2) is 35.6 Å². The number of benzene rings is 2. The summed E-state index contributed by atoms with van der Waals surface area (Å²) in [6, 6.07) is 14.2. The molecule has 180 valence electrons. The molecular weight excluding hydrogens is 463 g/mol. The number of likely N-dealkylation sites (tertiary alicyclic amines) is 1. The Kier molecular flexibility index (Phi) is 7.53. The van der Waals surface area contributed by atoms with Gasteiger partial charge in [-0.1, -0.05) is 30.3 Å². The predicted molar refractivity (Wildman–Crippen MR) is 126 cm³/mol. The van der Waals surface area contributed by atoms with E-state index in [1.165, 1.54) is 12.1 Å². The molecule has 3 aromatic rings. The molecule has 5 nitrogen and oxygen atoms in total. The van der Waals surface area contributed by atoms with Gasteiger partial charge in [0.05, 0.1) is 16.3 Å². The van der Waals surface area contributed by atoms with Crippen LogP contribution >= 0.6 is 11.3 Å². The number of rotatable bonds is 6. The molecule has 1 saturated heterocycles. The molecule has 1 atom stereocenters. The summed E-state index contributed by atoms with van der Waals surface area (Å²) in [4.78, 5) is 19.1. The van der Waals surface area contributed by atoms with E-state index in [1.54, 1.807) is 16.2 Å². The van der Waals surface area contributed by atoms with Crippen molar-refractivity contribution >= 4 is 23.1 Å². The lowest BCUT2D eigenvalue weighted by Crippen LogP contribution is -2.40. The SMILES string of the molecule is CCOC(c1ccccc1)c1csc(C2CCN(C(=O)Nc3ccc(C(F)(F)F)cc3)CC2)n1. The second kappa shape index (κ2) is 10.6. The summed E-state index contributed by atoms with van der Waals surface area (Å²) in [6.07, 6.45) is -3.05. The molecule has 1 fully saturated rings. The first-order valence-electron chi connectivity index (χ1n) is 11.2. The fourth-order valence-corrected chi connectivity index (χ4v) is 5.03. The van der Waals surface area contributed by atoms with E-state index in [2.05, 4.69) is 5.32 Å². The zero-order chi connectivity index (χ0) is 24.1. The number of amides is 2. The number of thiazole rings is 1. The van der Waals surface area contributed by atoms with Crippen molar-refractivity contribution in [1.29, 1.82) is 0 Å². The number of aromatic nitrogens is 1. The summed E-state index contributed by atoms with van der Waals surface area (Å²) in [5.74, 6) is 0.256. The molecule has 0 radical (unpaired) electrons. The van der Waals surface area contributed by atoms with Crippen molar-refractivity contribution in [2.75, 3.05) is 25.0 Å². The van der Waals surface area contributed by atoms with Gasteiger partial charge >= 0.3 is 12.2 Å². The van der Waals surface area contributed by atoms with Crippen molar-refractivity contribution in [2.24, 2.45) is 0 Å². The molecule has 2 aromatic carbocycles. The molecule has 0 bridgehead atoms. The van der Waals surface area contributed by atoms with Crippen LogP contribution in [0.3, 0.4) is 0 Å². The van der Waals surface area contributed by atoms with Crippen LogP contribution in [-0.2, 0) is 10.9 Å². The van der Waals surface area contributed by atoms with E-state index in [1.807, 2.05) is 42.6 Å². The maximum absolute atomic E-state index is 12.7. The first-order chi connectivity index (χ1) is 16.3. The third-order valence-electron chi connectivity index (χ3n) is 5.84. The van der Waals surface area contributed by atoms with Crippen molar-refractivity contribution < 1.29 is 22.7 Å². The van der Waals surface area contributed by atoms with Crippen LogP contribution in [0.2, 0.25) is 0 Å². The highest BCUT2D eigenvalue weighted by atomic mass is 32.1. The normalized spacial score (nSPS) is 15.8. The number of nitrogens with zero attached hydrogens (tertiary/aromatic N) is 2. The number of halogens is 3. The van der Waals surface area contributed by atoms with Crippen molar-refractivity contribution in [3.05, 3.63) is 81.8 Å². The van der Waals surface area contributed by atoms with E-state index in [0.29, 0.717) is 25.4 Å². The van der Waals surface area contributed by atoms with Gasteiger partial charge in [-0.05, 0) is 49.6 Å². The molecule has 0 saturated carbocycles. The third-order valence-corrected chi connectivity index (χ3v) is 6.86. The number of urea groups is 1. The van der Waals surface area contributed by atoms with Crippen molar-refractivity contribution in [3.63, 3.8) is 0 Å². The van der Waals surface area contributed by atoms with Crippen LogP contribution in [0.1, 0.15) is 53.6 Å². The molecule has 34 heavy (non-hydrogen) atoms. The number of alkyl halides is 3. The topological polar surface area (TPSA) is 54.5 Å². The Hall–Kier alpha value is -2.91. The predicted octanol–water partition coefficient (Wildman–Crippen LogP) is 6.70. The van der Waals surface area contributed by atoms with Crippen LogP contribution in [0.4, 0.5) is 23.7 Å². The lowest BCUT2D eigenvalue weighted by Gasteiger charge is -2.31. The number of nitrogens with one attached hydrogen (secondary N) is 1. The van der Waals surface area contributed by atoms with Gasteiger partial charge < -0.3 is 15.0 Å². The van der Waals surface area contributed by atoms with E-state index in [-0.39, 0.29) is 18.1 Å². The number of anilines is 1. The fraction of sp³-hybridized carbons (Fsp3) is 0.360. The van der Waals surface area contributed by atoms with Crippen LogP contribution in [0.5, 0.6) is 0 Å². The lowest BCUT2D eigenvalue weighted by atomic mass is 9.97. The number of piperidine rings is 1. The number of hydrogen-bond acceptors (Lipinski definition) is 4. The number of carbonyl (C=O) groups is 1. The molecule has 1 aromatic heterocycles. The van der Waals surface area contributed by atoms with E-state index in [4.69, 9.17) is 9.72 Å². The van der Waals surface area contributed by atoms with Crippen LogP contribution in [0, 0.1) is 0 Å². The third kappa shape index (κ3) is 5.77. The Morgan fingerprint density at radius 1 is 1.15 bits per heavy atom. The van der Waals surface area contributed by atoms with Crippen LogP contribution in [0.15, 0.2) is 60.0 Å². The summed E-state index contributed by atoms with van der Waals surface area (Å²) >= 11 is 1.62. The van der Waals surface area contributed by atoms with E-state index in [9.17, 15) is 18.0 Å². The minimum atomic E-state index is -4.40. The Labute approximate surface area is 200 Å². The highest BCUT2D eigenvalue weighted by Gasteiger charge is 2.30. The minimum Gasteiger partial charge on any atom is -0.367 e. The molecular formula is C25H26F3N3O2S. The fourth-order valence-electron chi connectivity index (χ4n) is 4.03. The first kappa shape index (κ1) is 24.2. The molecule has 2 heterocycles. The Bertz CT molecular complexity index is 1080. The molecule has 1 aliphatic rings. The smallest absolute Gasteiger partial charge is 0.367 e. The first-order valence-corrected chi connectivity index (χ1v) is 12.1. The molecule has 9 heteroatoms. The molecule has 4 rings (SSSR count). The standard InChI is InChI=1S/C25H26F3N3O2S/c1-2-33-22(17-6-4-3-5-7-17)21-16-34-23(30-21)18-12-14-31(15-13-18)24(32)29-20-10-8-19(9-11-20)25(26,27)28/h3-11,16,18,22H,2,12-15H2,1H3,(H,29,32). The molecule has 1 aliphatic heterocycles. The van der Waals surface area contributed by atoms with Crippen LogP contribution < -0.4 is 5.32 Å². The molecule has 2 amide bonds. The molecule has 0 spiro atoms. The molecule has 1 unspecified atom stereocenters. The largest absolute Gasteiger partial charge is 0.416 e. The molecule has 0 aliphatic carbocycles. The Balaban J connectivity index is 1.34. The summed E-state index contributed by atoms with van der Waals surface area (Å²) in [7, 11) is 0. The monoisotopic (exact) mass is 489 g/mol. The van der Waals surface area contributed by atoms with Crippen molar-refractivity contribution in [2.45, 2.75) is 38.0 Å². The average Bonchev–Trinajstić information content (AvgIpc) is 3.33. The summed E-state index contributed by atoms with van der Waals surface area (Å²) in [5, 5.41) is 5.77. The van der Waals surface area contributed by atoms with Gasteiger partial charge in [-0.25, -0.2) is 9.78 Å². The average molecular weight is 490 g/mol. The number of ether oxygens (including phenoxy) is 1. The highest BCUT2D eigenvalue weighted by molar-refractivity contribution is 7.09. The quantitative estimate of drug-likeness (QED) is 0.419. The molecule has 1 N–H and O–H groups in total. The van der Waals surface area contributed by atoms with Gasteiger partial charge in [-0.3, -0.25) is 0 Å². The van der Waals surface area contributed by atoms with Gasteiger partial charge in [-0.15, -0.1) is 11.3 Å². The maximum atomic E-state index is 12.7. The van der Waals surface area contributed by atoms with Gasteiger partial charge in [0, 0.05) is 36.7 Å². The Morgan fingerprint density at radius 3 is 2.44 bits per heavy atom. The number of carbonyl (C=O) groups excluding carboxylic acids is 1. The highest BCUT2D eigenvalue weighted by Crippen LogP contribution is 2.34. The maximum Gasteiger partial charge on any atom is 0.416 e.